The first kappa shape index (κ1) is 17.5. The molecule has 126 valence electrons. The molecular weight excluding hydrogens is 322 g/mol. The quantitative estimate of drug-likeness (QED) is 0.668. The second kappa shape index (κ2) is 6.72. The molecule has 8 heteroatoms. The van der Waals surface area contributed by atoms with Crippen LogP contribution in [0, 0.1) is 22.0 Å². The molecule has 3 atom stereocenters. The second-order valence-corrected chi connectivity index (χ2v) is 6.02. The van der Waals surface area contributed by atoms with E-state index in [1.807, 2.05) is 0 Å². The minimum absolute atomic E-state index is 0. The highest BCUT2D eigenvalue weighted by Gasteiger charge is 2.42. The van der Waals surface area contributed by atoms with Crippen molar-refractivity contribution < 1.29 is 14.5 Å². The molecule has 7 nitrogen and oxygen atoms in total. The van der Waals surface area contributed by atoms with E-state index in [1.165, 1.54) is 19.2 Å². The molecular formula is C15H20ClN3O4. The van der Waals surface area contributed by atoms with Crippen LogP contribution in [0.25, 0.3) is 0 Å². The van der Waals surface area contributed by atoms with Crippen LogP contribution in [0.4, 0.5) is 5.69 Å². The van der Waals surface area contributed by atoms with Crippen molar-refractivity contribution in [3.63, 3.8) is 0 Å². The van der Waals surface area contributed by atoms with Gasteiger partial charge in [0.15, 0.2) is 5.75 Å². The lowest BCUT2D eigenvalue weighted by Gasteiger charge is -2.19. The molecule has 0 bridgehead atoms. The number of carbonyl (C=O) groups excluding carboxylic acids is 1. The predicted octanol–water partition coefficient (Wildman–Crippen LogP) is 1.83. The van der Waals surface area contributed by atoms with E-state index in [9.17, 15) is 14.9 Å². The van der Waals surface area contributed by atoms with Crippen LogP contribution in [-0.4, -0.2) is 42.0 Å². The Morgan fingerprint density at radius 1 is 1.39 bits per heavy atom. The molecule has 2 N–H and O–H groups in total. The topological polar surface area (TPSA) is 98.7 Å². The average Bonchev–Trinajstić information content (AvgIpc) is 3.08. The maximum atomic E-state index is 12.6. The van der Waals surface area contributed by atoms with Crippen LogP contribution in [0.1, 0.15) is 23.2 Å². The van der Waals surface area contributed by atoms with E-state index in [0.29, 0.717) is 30.5 Å². The maximum absolute atomic E-state index is 12.6. The van der Waals surface area contributed by atoms with E-state index in [4.69, 9.17) is 10.5 Å². The number of methoxy groups -OCH3 is 1. The number of carbonyl (C=O) groups is 1. The van der Waals surface area contributed by atoms with Crippen molar-refractivity contribution >= 4 is 24.0 Å². The molecule has 1 amide bonds. The van der Waals surface area contributed by atoms with Gasteiger partial charge in [-0.2, -0.15) is 0 Å². The van der Waals surface area contributed by atoms with Gasteiger partial charge in [0.25, 0.3) is 5.91 Å². The summed E-state index contributed by atoms with van der Waals surface area (Å²) in [6, 6.07) is 4.48. The molecule has 0 spiro atoms. The van der Waals surface area contributed by atoms with Gasteiger partial charge in [-0.25, -0.2) is 0 Å². The van der Waals surface area contributed by atoms with Gasteiger partial charge in [0.2, 0.25) is 0 Å². The van der Waals surface area contributed by atoms with E-state index in [0.717, 1.165) is 12.8 Å². The second-order valence-electron chi connectivity index (χ2n) is 6.02. The highest BCUT2D eigenvalue weighted by molar-refractivity contribution is 5.95. The summed E-state index contributed by atoms with van der Waals surface area (Å²) in [7, 11) is 1.37. The molecule has 3 rings (SSSR count). The number of amides is 1. The van der Waals surface area contributed by atoms with Crippen molar-refractivity contribution in [3.05, 3.63) is 33.9 Å². The minimum atomic E-state index is -0.537. The number of nitrogens with zero attached hydrogens (tertiary/aromatic N) is 2. The van der Waals surface area contributed by atoms with E-state index in [2.05, 4.69) is 0 Å². The molecule has 1 saturated heterocycles. The third-order valence-corrected chi connectivity index (χ3v) is 4.82. The Balaban J connectivity index is 0.00000192. The molecule has 0 radical (unpaired) electrons. The smallest absolute Gasteiger partial charge is 0.311 e. The summed E-state index contributed by atoms with van der Waals surface area (Å²) < 4.78 is 4.96. The lowest BCUT2D eigenvalue weighted by Crippen LogP contribution is -2.33. The first-order valence-corrected chi connectivity index (χ1v) is 7.38. The molecule has 2 fully saturated rings. The zero-order chi connectivity index (χ0) is 15.9. The van der Waals surface area contributed by atoms with Gasteiger partial charge in [-0.1, -0.05) is 0 Å². The molecule has 1 aliphatic carbocycles. The highest BCUT2D eigenvalue weighted by atomic mass is 35.5. The summed E-state index contributed by atoms with van der Waals surface area (Å²) in [5.41, 5.74) is 6.21. The van der Waals surface area contributed by atoms with Crippen LogP contribution in [0.5, 0.6) is 5.75 Å². The number of ether oxygens (including phenoxy) is 1. The fraction of sp³-hybridized carbons (Fsp3) is 0.533. The monoisotopic (exact) mass is 341 g/mol. The number of hydrogen-bond acceptors (Lipinski definition) is 5. The van der Waals surface area contributed by atoms with Crippen LogP contribution in [0.15, 0.2) is 18.2 Å². The van der Waals surface area contributed by atoms with Crippen LogP contribution < -0.4 is 10.5 Å². The predicted molar refractivity (Wildman–Crippen MR) is 87.0 cm³/mol. The molecule has 1 heterocycles. The molecule has 1 aromatic rings. The van der Waals surface area contributed by atoms with Crippen LogP contribution in [0.3, 0.4) is 0 Å². The van der Waals surface area contributed by atoms with E-state index >= 15 is 0 Å². The molecule has 23 heavy (non-hydrogen) atoms. The van der Waals surface area contributed by atoms with Gasteiger partial charge in [0.1, 0.15) is 0 Å². The van der Waals surface area contributed by atoms with Gasteiger partial charge in [-0.3, -0.25) is 14.9 Å². The molecule has 1 aliphatic heterocycles. The first-order valence-electron chi connectivity index (χ1n) is 7.38. The Hall–Kier alpha value is -1.86. The zero-order valence-corrected chi connectivity index (χ0v) is 13.6. The standard InChI is InChI=1S/C15H19N3O4.ClH/c1-22-14-5-3-9(6-13(14)18(20)21)15(19)17-7-10-2-4-12(16)11(10)8-17;/h3,5-6,10-12H,2,4,7-8,16H2,1H3;1H. The van der Waals surface area contributed by atoms with Crippen molar-refractivity contribution in [3.8, 4) is 5.75 Å². The number of hydrogen-bond donors (Lipinski definition) is 1. The lowest BCUT2D eigenvalue weighted by atomic mass is 9.98. The Morgan fingerprint density at radius 2 is 2.13 bits per heavy atom. The van der Waals surface area contributed by atoms with Gasteiger partial charge in [0, 0.05) is 30.8 Å². The number of nitro groups is 1. The number of fused-ring (bicyclic) bond motifs is 1. The van der Waals surface area contributed by atoms with E-state index in [-0.39, 0.29) is 35.8 Å². The third-order valence-electron chi connectivity index (χ3n) is 4.82. The Morgan fingerprint density at radius 3 is 2.74 bits per heavy atom. The van der Waals surface area contributed by atoms with E-state index < -0.39 is 4.92 Å². The van der Waals surface area contributed by atoms with Crippen LogP contribution >= 0.6 is 12.4 Å². The SMILES string of the molecule is COc1ccc(C(=O)N2CC3CCC(N)C3C2)cc1[N+](=O)[O-].Cl. The Bertz CT molecular complexity index is 625. The van der Waals surface area contributed by atoms with Crippen molar-refractivity contribution in [2.24, 2.45) is 17.6 Å². The lowest BCUT2D eigenvalue weighted by molar-refractivity contribution is -0.385. The normalized spacial score (nSPS) is 25.7. The van der Waals surface area contributed by atoms with Gasteiger partial charge in [0.05, 0.1) is 12.0 Å². The number of likely N-dealkylation sites (tertiary alicyclic amines) is 1. The molecule has 1 saturated carbocycles. The zero-order valence-electron chi connectivity index (χ0n) is 12.8. The van der Waals surface area contributed by atoms with Crippen LogP contribution in [-0.2, 0) is 0 Å². The number of nitro benzene ring substituents is 1. The largest absolute Gasteiger partial charge is 0.490 e. The third kappa shape index (κ3) is 3.11. The van der Waals surface area contributed by atoms with Crippen molar-refractivity contribution in [2.75, 3.05) is 20.2 Å². The first-order chi connectivity index (χ1) is 10.5. The van der Waals surface area contributed by atoms with Gasteiger partial charge >= 0.3 is 5.69 Å². The van der Waals surface area contributed by atoms with Crippen molar-refractivity contribution in [1.29, 1.82) is 0 Å². The number of halogens is 1. The fourth-order valence-corrected chi connectivity index (χ4v) is 3.62. The summed E-state index contributed by atoms with van der Waals surface area (Å²) in [5.74, 6) is 0.804. The van der Waals surface area contributed by atoms with Gasteiger partial charge in [-0.15, -0.1) is 12.4 Å². The van der Waals surface area contributed by atoms with Crippen molar-refractivity contribution in [1.82, 2.24) is 4.90 Å². The average molecular weight is 342 g/mol. The maximum Gasteiger partial charge on any atom is 0.311 e. The van der Waals surface area contributed by atoms with Gasteiger partial charge < -0.3 is 15.4 Å². The summed E-state index contributed by atoms with van der Waals surface area (Å²) in [5, 5.41) is 11.1. The number of benzene rings is 1. The van der Waals surface area contributed by atoms with E-state index in [1.54, 1.807) is 11.0 Å². The highest BCUT2D eigenvalue weighted by Crippen LogP contribution is 2.38. The molecule has 0 aromatic heterocycles. The molecule has 2 aliphatic rings. The summed E-state index contributed by atoms with van der Waals surface area (Å²) in [6.45, 7) is 1.33. The Labute approximate surface area is 140 Å². The van der Waals surface area contributed by atoms with Gasteiger partial charge in [-0.05, 0) is 36.8 Å². The van der Waals surface area contributed by atoms with Crippen molar-refractivity contribution in [2.45, 2.75) is 18.9 Å². The molecule has 3 unspecified atom stereocenters. The number of nitrogens with two attached hydrogens (primary N) is 1. The Kier molecular flexibility index (Phi) is 5.11. The van der Waals surface area contributed by atoms with Crippen LogP contribution in [0.2, 0.25) is 0 Å². The number of rotatable bonds is 3. The summed E-state index contributed by atoms with van der Waals surface area (Å²) in [6.07, 6.45) is 2.07. The minimum Gasteiger partial charge on any atom is -0.490 e. The summed E-state index contributed by atoms with van der Waals surface area (Å²) >= 11 is 0. The summed E-state index contributed by atoms with van der Waals surface area (Å²) in [4.78, 5) is 24.9. The fourth-order valence-electron chi connectivity index (χ4n) is 3.62. The molecule has 1 aromatic carbocycles.